The smallest absolute Gasteiger partial charge is 0.314 e. The van der Waals surface area contributed by atoms with Crippen molar-refractivity contribution in [2.24, 2.45) is 0 Å². The zero-order valence-electron chi connectivity index (χ0n) is 14.4. The van der Waals surface area contributed by atoms with Gasteiger partial charge in [0.25, 0.3) is 0 Å². The molecule has 0 unspecified atom stereocenters. The van der Waals surface area contributed by atoms with Gasteiger partial charge < -0.3 is 15.4 Å². The third-order valence-corrected chi connectivity index (χ3v) is 4.22. The minimum atomic E-state index is -0.0725. The van der Waals surface area contributed by atoms with E-state index in [1.165, 1.54) is 16.7 Å². The maximum Gasteiger partial charge on any atom is 0.314 e. The summed E-state index contributed by atoms with van der Waals surface area (Å²) in [5.74, 6) is 0. The Kier molecular flexibility index (Phi) is 7.36. The Morgan fingerprint density at radius 1 is 1.17 bits per heavy atom. The summed E-state index contributed by atoms with van der Waals surface area (Å²) < 4.78 is 5.32. The fraction of sp³-hybridized carbons (Fsp3) is 0.611. The van der Waals surface area contributed by atoms with Crippen molar-refractivity contribution in [3.05, 3.63) is 34.9 Å². The Labute approximate surface area is 139 Å². The first-order valence-electron chi connectivity index (χ1n) is 8.53. The van der Waals surface area contributed by atoms with E-state index >= 15 is 0 Å². The molecule has 5 heteroatoms. The van der Waals surface area contributed by atoms with Crippen LogP contribution in [0.15, 0.2) is 18.2 Å². The molecule has 0 bridgehead atoms. The van der Waals surface area contributed by atoms with E-state index in [0.717, 1.165) is 45.7 Å². The molecule has 0 aliphatic carbocycles. The number of benzene rings is 1. The van der Waals surface area contributed by atoms with Crippen LogP contribution in [0.3, 0.4) is 0 Å². The lowest BCUT2D eigenvalue weighted by Gasteiger charge is -2.26. The molecule has 1 aromatic rings. The van der Waals surface area contributed by atoms with E-state index in [0.29, 0.717) is 13.1 Å². The second-order valence-electron chi connectivity index (χ2n) is 6.17. The zero-order valence-corrected chi connectivity index (χ0v) is 14.4. The number of aryl methyl sites for hydroxylation is 2. The fourth-order valence-electron chi connectivity index (χ4n) is 2.83. The first kappa shape index (κ1) is 17.8. The van der Waals surface area contributed by atoms with Crippen molar-refractivity contribution in [2.75, 3.05) is 45.9 Å². The summed E-state index contributed by atoms with van der Waals surface area (Å²) in [7, 11) is 0. The van der Waals surface area contributed by atoms with E-state index in [-0.39, 0.29) is 6.03 Å². The molecule has 2 rings (SSSR count). The maximum absolute atomic E-state index is 11.8. The van der Waals surface area contributed by atoms with Gasteiger partial charge in [-0.05, 0) is 44.4 Å². The van der Waals surface area contributed by atoms with Gasteiger partial charge in [-0.3, -0.25) is 4.90 Å². The molecule has 128 valence electrons. The first-order chi connectivity index (χ1) is 11.1. The maximum atomic E-state index is 11.8. The lowest BCUT2D eigenvalue weighted by Crippen LogP contribution is -2.40. The van der Waals surface area contributed by atoms with Crippen molar-refractivity contribution in [3.8, 4) is 0 Å². The van der Waals surface area contributed by atoms with Gasteiger partial charge in [0.1, 0.15) is 0 Å². The van der Waals surface area contributed by atoms with Crippen LogP contribution < -0.4 is 10.6 Å². The van der Waals surface area contributed by atoms with Crippen molar-refractivity contribution < 1.29 is 9.53 Å². The lowest BCUT2D eigenvalue weighted by molar-refractivity contribution is 0.0375. The topological polar surface area (TPSA) is 53.6 Å². The summed E-state index contributed by atoms with van der Waals surface area (Å²) >= 11 is 0. The molecule has 1 aliphatic rings. The molecular formula is C18H29N3O2. The fourth-order valence-corrected chi connectivity index (χ4v) is 2.83. The van der Waals surface area contributed by atoms with Gasteiger partial charge >= 0.3 is 6.03 Å². The van der Waals surface area contributed by atoms with Crippen molar-refractivity contribution in [2.45, 2.75) is 26.7 Å². The highest BCUT2D eigenvalue weighted by Crippen LogP contribution is 2.10. The molecule has 23 heavy (non-hydrogen) atoms. The van der Waals surface area contributed by atoms with Gasteiger partial charge in [0.15, 0.2) is 0 Å². The quantitative estimate of drug-likeness (QED) is 0.755. The summed E-state index contributed by atoms with van der Waals surface area (Å²) in [6.07, 6.45) is 1.85. The van der Waals surface area contributed by atoms with E-state index in [1.807, 2.05) is 0 Å². The third kappa shape index (κ3) is 6.59. The number of rotatable bonds is 7. The van der Waals surface area contributed by atoms with Crippen LogP contribution in [0, 0.1) is 13.8 Å². The van der Waals surface area contributed by atoms with E-state index in [1.54, 1.807) is 0 Å². The number of carbonyl (C=O) groups excluding carboxylic acids is 1. The summed E-state index contributed by atoms with van der Waals surface area (Å²) in [5.41, 5.74) is 3.86. The van der Waals surface area contributed by atoms with Crippen molar-refractivity contribution >= 4 is 6.03 Å². The van der Waals surface area contributed by atoms with Crippen LogP contribution in [0.1, 0.15) is 23.1 Å². The molecule has 5 nitrogen and oxygen atoms in total. The monoisotopic (exact) mass is 319 g/mol. The predicted molar refractivity (Wildman–Crippen MR) is 92.9 cm³/mol. The largest absolute Gasteiger partial charge is 0.379 e. The van der Waals surface area contributed by atoms with Crippen molar-refractivity contribution in [1.29, 1.82) is 0 Å². The predicted octanol–water partition coefficient (Wildman–Crippen LogP) is 1.87. The van der Waals surface area contributed by atoms with Gasteiger partial charge in [-0.2, -0.15) is 0 Å². The summed E-state index contributed by atoms with van der Waals surface area (Å²) in [4.78, 5) is 14.1. The van der Waals surface area contributed by atoms with Gasteiger partial charge in [0.05, 0.1) is 13.2 Å². The van der Waals surface area contributed by atoms with Crippen molar-refractivity contribution in [1.82, 2.24) is 15.5 Å². The van der Waals surface area contributed by atoms with Gasteiger partial charge in [0.2, 0.25) is 0 Å². The van der Waals surface area contributed by atoms with E-state index in [9.17, 15) is 4.79 Å². The molecule has 1 aliphatic heterocycles. The summed E-state index contributed by atoms with van der Waals surface area (Å²) in [6, 6.07) is 6.37. The summed E-state index contributed by atoms with van der Waals surface area (Å²) in [5, 5.41) is 5.85. The third-order valence-electron chi connectivity index (χ3n) is 4.22. The number of nitrogens with one attached hydrogen (secondary N) is 2. The lowest BCUT2D eigenvalue weighted by atomic mass is 10.0. The zero-order chi connectivity index (χ0) is 16.5. The number of amides is 2. The average molecular weight is 319 g/mol. The van der Waals surface area contributed by atoms with E-state index in [2.05, 4.69) is 47.6 Å². The highest BCUT2D eigenvalue weighted by Gasteiger charge is 2.09. The highest BCUT2D eigenvalue weighted by molar-refractivity contribution is 5.73. The Morgan fingerprint density at radius 3 is 2.65 bits per heavy atom. The van der Waals surface area contributed by atoms with Gasteiger partial charge in [0, 0.05) is 26.2 Å². The molecule has 1 saturated heterocycles. The number of carbonyl (C=O) groups is 1. The minimum absolute atomic E-state index is 0.0725. The van der Waals surface area contributed by atoms with Crippen LogP contribution in [-0.4, -0.2) is 56.9 Å². The van der Waals surface area contributed by atoms with E-state index < -0.39 is 0 Å². The second-order valence-corrected chi connectivity index (χ2v) is 6.17. The van der Waals surface area contributed by atoms with Crippen LogP contribution in [0.4, 0.5) is 4.79 Å². The SMILES string of the molecule is Cc1ccc(CCNC(=O)NCCCN2CCOCC2)c(C)c1. The molecule has 0 aromatic heterocycles. The van der Waals surface area contributed by atoms with Crippen LogP contribution in [0.5, 0.6) is 0 Å². The number of hydrogen-bond donors (Lipinski definition) is 2. The molecular weight excluding hydrogens is 290 g/mol. The number of morpholine rings is 1. The standard InChI is InChI=1S/C18H29N3O2/c1-15-4-5-17(16(2)14-15)6-8-20-18(22)19-7-3-9-21-10-12-23-13-11-21/h4-5,14H,3,6-13H2,1-2H3,(H2,19,20,22). The highest BCUT2D eigenvalue weighted by atomic mass is 16.5. The molecule has 0 saturated carbocycles. The van der Waals surface area contributed by atoms with Crippen LogP contribution in [0.2, 0.25) is 0 Å². The normalized spacial score (nSPS) is 15.4. The van der Waals surface area contributed by atoms with Crippen LogP contribution in [0.25, 0.3) is 0 Å². The van der Waals surface area contributed by atoms with E-state index in [4.69, 9.17) is 4.74 Å². The Morgan fingerprint density at radius 2 is 1.91 bits per heavy atom. The van der Waals surface area contributed by atoms with Crippen LogP contribution >= 0.6 is 0 Å². The number of ether oxygens (including phenoxy) is 1. The first-order valence-corrected chi connectivity index (χ1v) is 8.53. The minimum Gasteiger partial charge on any atom is -0.379 e. The molecule has 1 heterocycles. The Balaban J connectivity index is 1.54. The van der Waals surface area contributed by atoms with Gasteiger partial charge in [-0.1, -0.05) is 23.8 Å². The molecule has 1 fully saturated rings. The number of hydrogen-bond acceptors (Lipinski definition) is 3. The number of urea groups is 1. The Hall–Kier alpha value is -1.59. The second kappa shape index (κ2) is 9.53. The molecule has 2 N–H and O–H groups in total. The molecule has 1 aromatic carbocycles. The molecule has 0 spiro atoms. The van der Waals surface area contributed by atoms with Crippen molar-refractivity contribution in [3.63, 3.8) is 0 Å². The molecule has 0 radical (unpaired) electrons. The molecule has 2 amide bonds. The van der Waals surface area contributed by atoms with Gasteiger partial charge in [-0.25, -0.2) is 4.79 Å². The average Bonchev–Trinajstić information content (AvgIpc) is 2.55. The summed E-state index contributed by atoms with van der Waals surface area (Å²) in [6.45, 7) is 10.3. The molecule has 0 atom stereocenters. The van der Waals surface area contributed by atoms with Gasteiger partial charge in [-0.15, -0.1) is 0 Å². The van der Waals surface area contributed by atoms with Crippen LogP contribution in [-0.2, 0) is 11.2 Å². The Bertz CT molecular complexity index is 499. The number of nitrogens with zero attached hydrogens (tertiary/aromatic N) is 1.